The Labute approximate surface area is 146 Å². The van der Waals surface area contributed by atoms with E-state index in [0.717, 1.165) is 12.1 Å². The van der Waals surface area contributed by atoms with Crippen LogP contribution in [0.25, 0.3) is 22.2 Å². The maximum absolute atomic E-state index is 8.99. The lowest BCUT2D eigenvalue weighted by molar-refractivity contribution is 0.842. The van der Waals surface area contributed by atoms with Gasteiger partial charge in [0.05, 0.1) is 17.3 Å². The normalized spacial score (nSPS) is 10.7. The lowest BCUT2D eigenvalue weighted by atomic mass is 10.1. The Kier molecular flexibility index (Phi) is 3.80. The van der Waals surface area contributed by atoms with Crippen LogP contribution in [0.5, 0.6) is 0 Å². The summed E-state index contributed by atoms with van der Waals surface area (Å²) in [5, 5.41) is 10.3. The van der Waals surface area contributed by atoms with Crippen LogP contribution in [-0.4, -0.2) is 9.55 Å². The van der Waals surface area contributed by atoms with Crippen LogP contribution in [0, 0.1) is 18.3 Å². The first-order valence-electron chi connectivity index (χ1n) is 8.25. The van der Waals surface area contributed by atoms with Gasteiger partial charge in [0.25, 0.3) is 0 Å². The number of aromatic nitrogens is 2. The van der Waals surface area contributed by atoms with Crippen LogP contribution >= 0.6 is 0 Å². The van der Waals surface area contributed by atoms with Crippen molar-refractivity contribution in [3.05, 3.63) is 89.7 Å². The van der Waals surface area contributed by atoms with Crippen LogP contribution in [0.4, 0.5) is 0 Å². The van der Waals surface area contributed by atoms with Crippen LogP contribution < -0.4 is 0 Å². The Morgan fingerprint density at radius 2 is 1.80 bits per heavy atom. The second-order valence-corrected chi connectivity index (χ2v) is 6.13. The van der Waals surface area contributed by atoms with Gasteiger partial charge in [-0.15, -0.1) is 0 Å². The highest BCUT2D eigenvalue weighted by Crippen LogP contribution is 2.33. The molecule has 0 radical (unpaired) electrons. The molecule has 0 atom stereocenters. The Hall–Kier alpha value is -3.38. The molecule has 0 saturated carbocycles. The molecule has 2 heterocycles. The van der Waals surface area contributed by atoms with Crippen LogP contribution in [-0.2, 0) is 6.54 Å². The zero-order valence-electron chi connectivity index (χ0n) is 14.0. The van der Waals surface area contributed by atoms with Crippen molar-refractivity contribution in [2.45, 2.75) is 13.5 Å². The Morgan fingerprint density at radius 1 is 1.00 bits per heavy atom. The third-order valence-electron chi connectivity index (χ3n) is 4.58. The predicted molar refractivity (Wildman–Crippen MR) is 100 cm³/mol. The smallest absolute Gasteiger partial charge is 0.0991 e. The molecule has 2 aromatic carbocycles. The van der Waals surface area contributed by atoms with Gasteiger partial charge in [-0.05, 0) is 48.4 Å². The second kappa shape index (κ2) is 6.26. The summed E-state index contributed by atoms with van der Waals surface area (Å²) in [7, 11) is 0. The Morgan fingerprint density at radius 3 is 2.52 bits per heavy atom. The van der Waals surface area contributed by atoms with Crippen molar-refractivity contribution in [1.29, 1.82) is 5.26 Å². The number of nitrogens with zero attached hydrogens (tertiary/aromatic N) is 3. The number of para-hydroxylation sites is 1. The Bertz CT molecular complexity index is 1070. The van der Waals surface area contributed by atoms with E-state index in [4.69, 9.17) is 5.26 Å². The summed E-state index contributed by atoms with van der Waals surface area (Å²) in [6.45, 7) is 2.92. The minimum absolute atomic E-state index is 0.685. The van der Waals surface area contributed by atoms with Gasteiger partial charge < -0.3 is 4.57 Å². The molecule has 0 aliphatic rings. The molecule has 3 heteroatoms. The van der Waals surface area contributed by atoms with Gasteiger partial charge in [-0.25, -0.2) is 0 Å². The molecule has 2 aromatic heterocycles. The van der Waals surface area contributed by atoms with Crippen LogP contribution in [0.15, 0.2) is 73.1 Å². The van der Waals surface area contributed by atoms with Gasteiger partial charge in [0.2, 0.25) is 0 Å². The second-order valence-electron chi connectivity index (χ2n) is 6.13. The summed E-state index contributed by atoms with van der Waals surface area (Å²) in [5.74, 6) is 0. The fourth-order valence-corrected chi connectivity index (χ4v) is 3.38. The van der Waals surface area contributed by atoms with Gasteiger partial charge in [-0.1, -0.05) is 30.3 Å². The van der Waals surface area contributed by atoms with E-state index in [2.05, 4.69) is 52.9 Å². The van der Waals surface area contributed by atoms with Gasteiger partial charge in [0.1, 0.15) is 0 Å². The molecular weight excluding hydrogens is 306 g/mol. The maximum atomic E-state index is 8.99. The van der Waals surface area contributed by atoms with Crippen molar-refractivity contribution in [1.82, 2.24) is 9.55 Å². The highest BCUT2D eigenvalue weighted by atomic mass is 15.0. The summed E-state index contributed by atoms with van der Waals surface area (Å²) < 4.78 is 2.34. The molecule has 0 aliphatic heterocycles. The molecule has 0 fully saturated rings. The fraction of sp³-hybridized carbons (Fsp3) is 0.0909. The topological polar surface area (TPSA) is 41.6 Å². The predicted octanol–water partition coefficient (Wildman–Crippen LogP) is 4.93. The minimum Gasteiger partial charge on any atom is -0.336 e. The summed E-state index contributed by atoms with van der Waals surface area (Å²) in [6.07, 6.45) is 3.71. The molecular formula is C22H17N3. The number of fused-ring (bicyclic) bond motifs is 1. The quantitative estimate of drug-likeness (QED) is 0.536. The first kappa shape index (κ1) is 15.2. The molecule has 3 nitrogen and oxygen atoms in total. The van der Waals surface area contributed by atoms with Gasteiger partial charge in [-0.3, -0.25) is 4.98 Å². The first-order valence-corrected chi connectivity index (χ1v) is 8.25. The summed E-state index contributed by atoms with van der Waals surface area (Å²) in [5.41, 5.74) is 6.64. The number of pyridine rings is 1. The van der Waals surface area contributed by atoms with Gasteiger partial charge in [-0.2, -0.15) is 5.26 Å². The summed E-state index contributed by atoms with van der Waals surface area (Å²) in [4.78, 5) is 4.29. The highest BCUT2D eigenvalue weighted by Gasteiger charge is 2.15. The van der Waals surface area contributed by atoms with E-state index in [0.29, 0.717) is 5.56 Å². The largest absolute Gasteiger partial charge is 0.336 e. The summed E-state index contributed by atoms with van der Waals surface area (Å²) >= 11 is 0. The van der Waals surface area contributed by atoms with E-state index in [1.807, 2.05) is 36.5 Å². The van der Waals surface area contributed by atoms with Gasteiger partial charge in [0, 0.05) is 35.4 Å². The molecule has 0 aliphatic carbocycles. The van der Waals surface area contributed by atoms with Crippen LogP contribution in [0.3, 0.4) is 0 Å². The average molecular weight is 323 g/mol. The number of nitriles is 1. The number of rotatable bonds is 3. The Balaban J connectivity index is 1.90. The molecule has 0 spiro atoms. The molecule has 0 N–H and O–H groups in total. The highest BCUT2D eigenvalue weighted by molar-refractivity contribution is 5.91. The lowest BCUT2D eigenvalue weighted by Gasteiger charge is -2.12. The van der Waals surface area contributed by atoms with E-state index >= 15 is 0 Å². The lowest BCUT2D eigenvalue weighted by Crippen LogP contribution is -2.02. The number of benzene rings is 2. The van der Waals surface area contributed by atoms with Crippen LogP contribution in [0.2, 0.25) is 0 Å². The minimum atomic E-state index is 0.685. The fourth-order valence-electron chi connectivity index (χ4n) is 3.38. The number of hydrogen-bond donors (Lipinski definition) is 0. The molecule has 0 amide bonds. The SMILES string of the molecule is Cc1c(-c2cccnc2)n(Cc2ccc(C#N)cc2)c2ccccc12. The monoisotopic (exact) mass is 323 g/mol. The van der Waals surface area contributed by atoms with E-state index < -0.39 is 0 Å². The molecule has 0 saturated heterocycles. The van der Waals surface area contributed by atoms with E-state index in [1.54, 1.807) is 6.20 Å². The number of aryl methyl sites for hydroxylation is 1. The van der Waals surface area contributed by atoms with Crippen LogP contribution in [0.1, 0.15) is 16.7 Å². The maximum Gasteiger partial charge on any atom is 0.0991 e. The van der Waals surface area contributed by atoms with E-state index in [9.17, 15) is 0 Å². The van der Waals surface area contributed by atoms with Crippen molar-refractivity contribution in [3.8, 4) is 17.3 Å². The zero-order valence-corrected chi connectivity index (χ0v) is 14.0. The van der Waals surface area contributed by atoms with Crippen molar-refractivity contribution >= 4 is 10.9 Å². The molecule has 25 heavy (non-hydrogen) atoms. The third-order valence-corrected chi connectivity index (χ3v) is 4.58. The molecule has 4 rings (SSSR count). The molecule has 0 bridgehead atoms. The molecule has 4 aromatic rings. The summed E-state index contributed by atoms with van der Waals surface area (Å²) in [6, 6.07) is 22.5. The zero-order chi connectivity index (χ0) is 17.2. The van der Waals surface area contributed by atoms with E-state index in [-0.39, 0.29) is 0 Å². The van der Waals surface area contributed by atoms with Crippen molar-refractivity contribution in [2.75, 3.05) is 0 Å². The molecule has 0 unspecified atom stereocenters. The van der Waals surface area contributed by atoms with Crippen molar-refractivity contribution in [2.24, 2.45) is 0 Å². The number of hydrogen-bond acceptors (Lipinski definition) is 2. The average Bonchev–Trinajstić information content (AvgIpc) is 2.95. The van der Waals surface area contributed by atoms with Crippen molar-refractivity contribution in [3.63, 3.8) is 0 Å². The third kappa shape index (κ3) is 2.68. The van der Waals surface area contributed by atoms with Gasteiger partial charge in [0.15, 0.2) is 0 Å². The van der Waals surface area contributed by atoms with E-state index in [1.165, 1.54) is 27.7 Å². The standard InChI is InChI=1S/C22H17N3/c1-16-20-6-2-3-7-21(20)25(22(16)19-5-4-12-24-14-19)15-18-10-8-17(13-23)9-11-18/h2-12,14H,15H2,1H3. The molecule has 120 valence electrons. The van der Waals surface area contributed by atoms with Crippen molar-refractivity contribution < 1.29 is 0 Å². The first-order chi connectivity index (χ1) is 12.3. The van der Waals surface area contributed by atoms with Gasteiger partial charge >= 0.3 is 0 Å².